The Morgan fingerprint density at radius 3 is 2.48 bits per heavy atom. The van der Waals surface area contributed by atoms with Crippen LogP contribution in [0.15, 0.2) is 70.2 Å². The molecule has 0 heterocycles. The van der Waals surface area contributed by atoms with Crippen molar-refractivity contribution in [1.29, 1.82) is 0 Å². The van der Waals surface area contributed by atoms with Crippen molar-refractivity contribution in [2.75, 3.05) is 13.2 Å². The molecule has 3 aromatic carbocycles. The molecule has 33 heavy (non-hydrogen) atoms. The van der Waals surface area contributed by atoms with Gasteiger partial charge in [0.25, 0.3) is 5.91 Å². The third-order valence-corrected chi connectivity index (χ3v) is 4.92. The number of hydrogen-bond acceptors (Lipinski definition) is 5. The van der Waals surface area contributed by atoms with Gasteiger partial charge in [0.15, 0.2) is 11.5 Å². The number of carbonyl (C=O) groups is 1. The topological polar surface area (TPSA) is 69.2 Å². The van der Waals surface area contributed by atoms with Crippen molar-refractivity contribution in [3.63, 3.8) is 0 Å². The van der Waals surface area contributed by atoms with Gasteiger partial charge < -0.3 is 14.2 Å². The van der Waals surface area contributed by atoms with Crippen LogP contribution in [0, 0.1) is 5.82 Å². The van der Waals surface area contributed by atoms with Crippen LogP contribution in [0.3, 0.4) is 0 Å². The summed E-state index contributed by atoms with van der Waals surface area (Å²) >= 11 is 3.42. The van der Waals surface area contributed by atoms with Gasteiger partial charge in [0.2, 0.25) is 0 Å². The molecule has 3 aromatic rings. The summed E-state index contributed by atoms with van der Waals surface area (Å²) in [6.45, 7) is 4.87. The number of ether oxygens (including phenoxy) is 3. The lowest BCUT2D eigenvalue weighted by molar-refractivity contribution is 0.0954. The lowest BCUT2D eigenvalue weighted by Crippen LogP contribution is -2.18. The molecule has 0 aliphatic heterocycles. The van der Waals surface area contributed by atoms with Crippen LogP contribution in [0.5, 0.6) is 17.2 Å². The number of hydrazone groups is 1. The van der Waals surface area contributed by atoms with E-state index in [0.29, 0.717) is 47.2 Å². The minimum absolute atomic E-state index is 0.193. The smallest absolute Gasteiger partial charge is 0.271 e. The van der Waals surface area contributed by atoms with Crippen LogP contribution in [0.4, 0.5) is 4.39 Å². The fourth-order valence-corrected chi connectivity index (χ4v) is 3.34. The molecule has 0 radical (unpaired) electrons. The van der Waals surface area contributed by atoms with Gasteiger partial charge in [0, 0.05) is 15.6 Å². The highest BCUT2D eigenvalue weighted by molar-refractivity contribution is 9.10. The summed E-state index contributed by atoms with van der Waals surface area (Å²) in [5.74, 6) is 0.899. The van der Waals surface area contributed by atoms with E-state index in [1.54, 1.807) is 42.5 Å². The van der Waals surface area contributed by atoms with Crippen LogP contribution in [0.2, 0.25) is 0 Å². The van der Waals surface area contributed by atoms with E-state index in [9.17, 15) is 9.18 Å². The van der Waals surface area contributed by atoms with Crippen molar-refractivity contribution < 1.29 is 23.4 Å². The Labute approximate surface area is 200 Å². The highest BCUT2D eigenvalue weighted by Crippen LogP contribution is 2.28. The first-order valence-electron chi connectivity index (χ1n) is 10.4. The second-order valence-electron chi connectivity index (χ2n) is 6.83. The first-order chi connectivity index (χ1) is 16.0. The van der Waals surface area contributed by atoms with E-state index in [4.69, 9.17) is 14.2 Å². The average molecular weight is 515 g/mol. The molecule has 0 fully saturated rings. The molecule has 1 N–H and O–H groups in total. The highest BCUT2D eigenvalue weighted by atomic mass is 79.9. The molecule has 0 saturated heterocycles. The molecule has 172 valence electrons. The molecular formula is C25H24BrFN2O4. The van der Waals surface area contributed by atoms with Gasteiger partial charge in [0.1, 0.15) is 18.2 Å². The van der Waals surface area contributed by atoms with E-state index in [-0.39, 0.29) is 12.4 Å². The Morgan fingerprint density at radius 2 is 1.73 bits per heavy atom. The summed E-state index contributed by atoms with van der Waals surface area (Å²) in [7, 11) is 0. The first kappa shape index (κ1) is 24.3. The van der Waals surface area contributed by atoms with E-state index >= 15 is 0 Å². The summed E-state index contributed by atoms with van der Waals surface area (Å²) in [4.78, 5) is 12.6. The molecule has 1 amide bonds. The third kappa shape index (κ3) is 7.05. The molecule has 0 atom stereocenters. The van der Waals surface area contributed by atoms with E-state index < -0.39 is 5.91 Å². The number of amides is 1. The first-order valence-corrected chi connectivity index (χ1v) is 11.2. The zero-order valence-corrected chi connectivity index (χ0v) is 19.9. The Morgan fingerprint density at radius 1 is 0.970 bits per heavy atom. The molecule has 0 unspecified atom stereocenters. The summed E-state index contributed by atoms with van der Waals surface area (Å²) in [5, 5.41) is 4.07. The second-order valence-corrected chi connectivity index (χ2v) is 7.74. The molecule has 6 nitrogen and oxygen atoms in total. The molecule has 0 aliphatic carbocycles. The standard InChI is InChI=1S/C25H24BrFN2O4/c1-3-31-23-10-8-18(14-24(23)32-4-2)25(30)29-28-15-19-13-20(26)9-11-22(19)33-16-17-6-5-7-21(27)12-17/h5-15H,3-4,16H2,1-2H3,(H,29,30)/b28-15+. The van der Waals surface area contributed by atoms with Gasteiger partial charge in [-0.05, 0) is 67.9 Å². The van der Waals surface area contributed by atoms with E-state index in [1.807, 2.05) is 19.9 Å². The predicted molar refractivity (Wildman–Crippen MR) is 129 cm³/mol. The van der Waals surface area contributed by atoms with Crippen LogP contribution in [0.25, 0.3) is 0 Å². The van der Waals surface area contributed by atoms with Gasteiger partial charge >= 0.3 is 0 Å². The van der Waals surface area contributed by atoms with Crippen molar-refractivity contribution in [2.45, 2.75) is 20.5 Å². The van der Waals surface area contributed by atoms with Crippen LogP contribution in [0.1, 0.15) is 35.3 Å². The van der Waals surface area contributed by atoms with Crippen molar-refractivity contribution in [3.8, 4) is 17.2 Å². The zero-order chi connectivity index (χ0) is 23.6. The van der Waals surface area contributed by atoms with Crippen molar-refractivity contribution >= 4 is 28.1 Å². The number of nitrogens with one attached hydrogen (secondary N) is 1. The van der Waals surface area contributed by atoms with Gasteiger partial charge in [-0.15, -0.1) is 0 Å². The average Bonchev–Trinajstić information content (AvgIpc) is 2.80. The van der Waals surface area contributed by atoms with E-state index in [1.165, 1.54) is 18.3 Å². The molecule has 0 spiro atoms. The normalized spacial score (nSPS) is 10.8. The van der Waals surface area contributed by atoms with E-state index in [0.717, 1.165) is 4.47 Å². The maximum Gasteiger partial charge on any atom is 0.271 e. The predicted octanol–water partition coefficient (Wildman–Crippen LogP) is 5.73. The van der Waals surface area contributed by atoms with E-state index in [2.05, 4.69) is 26.5 Å². The molecular weight excluding hydrogens is 491 g/mol. The second kappa shape index (κ2) is 12.0. The minimum Gasteiger partial charge on any atom is -0.490 e. The van der Waals surface area contributed by atoms with Crippen LogP contribution in [-0.2, 0) is 6.61 Å². The molecule has 0 aliphatic rings. The van der Waals surface area contributed by atoms with Crippen LogP contribution < -0.4 is 19.6 Å². The molecule has 8 heteroatoms. The molecule has 0 aromatic heterocycles. The molecule has 0 bridgehead atoms. The number of carbonyl (C=O) groups excluding carboxylic acids is 1. The van der Waals surface area contributed by atoms with Crippen LogP contribution >= 0.6 is 15.9 Å². The Hall–Kier alpha value is -3.39. The Balaban J connectivity index is 1.70. The third-order valence-electron chi connectivity index (χ3n) is 4.43. The van der Waals surface area contributed by atoms with Gasteiger partial charge in [-0.1, -0.05) is 28.1 Å². The summed E-state index contributed by atoms with van der Waals surface area (Å²) in [6.07, 6.45) is 1.49. The SMILES string of the molecule is CCOc1ccc(C(=O)N/N=C/c2cc(Br)ccc2OCc2cccc(F)c2)cc1OCC. The van der Waals surface area contributed by atoms with Crippen molar-refractivity contribution in [2.24, 2.45) is 5.10 Å². The summed E-state index contributed by atoms with van der Waals surface area (Å²) in [6, 6.07) is 16.6. The number of hydrogen-bond donors (Lipinski definition) is 1. The van der Waals surface area contributed by atoms with Crippen molar-refractivity contribution in [1.82, 2.24) is 5.43 Å². The quantitative estimate of drug-likeness (QED) is 0.277. The van der Waals surface area contributed by atoms with Crippen molar-refractivity contribution in [3.05, 3.63) is 87.6 Å². The number of rotatable bonds is 10. The Kier molecular flexibility index (Phi) is 8.83. The van der Waals surface area contributed by atoms with Gasteiger partial charge in [-0.2, -0.15) is 5.10 Å². The summed E-state index contributed by atoms with van der Waals surface area (Å²) in [5.41, 5.74) is 4.24. The number of halogens is 2. The lowest BCUT2D eigenvalue weighted by Gasteiger charge is -2.12. The monoisotopic (exact) mass is 514 g/mol. The highest BCUT2D eigenvalue weighted by Gasteiger charge is 2.11. The molecule has 3 rings (SSSR count). The van der Waals surface area contributed by atoms with Gasteiger partial charge in [-0.3, -0.25) is 4.79 Å². The number of benzene rings is 3. The largest absolute Gasteiger partial charge is 0.490 e. The van der Waals surface area contributed by atoms with Crippen LogP contribution in [-0.4, -0.2) is 25.3 Å². The Bertz CT molecular complexity index is 1140. The maximum absolute atomic E-state index is 13.4. The lowest BCUT2D eigenvalue weighted by atomic mass is 10.2. The fraction of sp³-hybridized carbons (Fsp3) is 0.200. The maximum atomic E-state index is 13.4. The molecule has 0 saturated carbocycles. The van der Waals surface area contributed by atoms with Gasteiger partial charge in [0.05, 0.1) is 19.4 Å². The minimum atomic E-state index is -0.396. The summed E-state index contributed by atoms with van der Waals surface area (Å²) < 4.78 is 31.1. The number of nitrogens with zero attached hydrogens (tertiary/aromatic N) is 1. The fourth-order valence-electron chi connectivity index (χ4n) is 2.96. The zero-order valence-electron chi connectivity index (χ0n) is 18.3. The van der Waals surface area contributed by atoms with Gasteiger partial charge in [-0.25, -0.2) is 9.82 Å².